The quantitative estimate of drug-likeness (QED) is 0.334. The molecule has 4 aliphatic carbocycles. The van der Waals surface area contributed by atoms with Gasteiger partial charge < -0.3 is 25.0 Å². The first-order chi connectivity index (χ1) is 27.4. The summed E-state index contributed by atoms with van der Waals surface area (Å²) in [6.45, 7) is 4.13. The fourth-order valence-electron chi connectivity index (χ4n) is 9.67. The van der Waals surface area contributed by atoms with Crippen LogP contribution in [0, 0.1) is 17.8 Å². The molecular weight excluding hydrogens is 774 g/mol. The Kier molecular flexibility index (Phi) is 11.1. The van der Waals surface area contributed by atoms with Crippen molar-refractivity contribution in [2.24, 2.45) is 17.8 Å². The van der Waals surface area contributed by atoms with Gasteiger partial charge in [0, 0.05) is 35.4 Å². The maximum absolute atomic E-state index is 14.9. The Labute approximate surface area is 337 Å². The SMILES string of the molecule is C=C[C@@H]1C[C@]1(NC(=O)[C@@H]1C[C@@H]2CN1C(=O)[C@H](C1CCCC1)NC(=O)O[C@@H]1CCC[C@H]1CCCCCn1c(cc3cc(Cl)ccc3c1=O)O2)C(=O)NS(=O)(=O)C1CC1. The van der Waals surface area contributed by atoms with E-state index < -0.39 is 68.7 Å². The fraction of sp³-hybridized carbons (Fsp3) is 0.634. The molecule has 16 heteroatoms. The number of ether oxygens (including phenoxy) is 2. The van der Waals surface area contributed by atoms with E-state index in [2.05, 4.69) is 21.9 Å². The maximum Gasteiger partial charge on any atom is 0.408 e. The predicted octanol–water partition coefficient (Wildman–Crippen LogP) is 4.70. The fourth-order valence-corrected chi connectivity index (χ4v) is 11.2. The summed E-state index contributed by atoms with van der Waals surface area (Å²) in [4.78, 5) is 72.0. The minimum absolute atomic E-state index is 0.00175. The molecule has 1 aromatic heterocycles. The predicted molar refractivity (Wildman–Crippen MR) is 212 cm³/mol. The Bertz CT molecular complexity index is 2120. The second-order valence-electron chi connectivity index (χ2n) is 17.0. The highest BCUT2D eigenvalue weighted by molar-refractivity contribution is 7.91. The summed E-state index contributed by atoms with van der Waals surface area (Å²) in [5, 5.41) is 6.65. The van der Waals surface area contributed by atoms with Gasteiger partial charge in [0.05, 0.1) is 11.8 Å². The van der Waals surface area contributed by atoms with Gasteiger partial charge in [0.1, 0.15) is 29.8 Å². The molecular formula is C41H52ClN5O9S. The molecule has 4 saturated carbocycles. The van der Waals surface area contributed by atoms with Crippen LogP contribution in [0.15, 0.2) is 41.7 Å². The average molecular weight is 826 g/mol. The first-order valence-electron chi connectivity index (χ1n) is 20.6. The maximum atomic E-state index is 14.9. The molecule has 1 saturated heterocycles. The second-order valence-corrected chi connectivity index (χ2v) is 19.4. The number of nitrogens with zero attached hydrogens (tertiary/aromatic N) is 2. The zero-order valence-electron chi connectivity index (χ0n) is 32.1. The second kappa shape index (κ2) is 15.9. The first-order valence-corrected chi connectivity index (χ1v) is 22.6. The van der Waals surface area contributed by atoms with Crippen molar-refractivity contribution < 1.29 is 37.1 Å². The molecule has 0 radical (unpaired) electrons. The van der Waals surface area contributed by atoms with Gasteiger partial charge in [-0.05, 0) is 99.6 Å². The zero-order chi connectivity index (χ0) is 40.1. The molecule has 6 aliphatic rings. The number of sulfonamides is 1. The number of halogens is 1. The summed E-state index contributed by atoms with van der Waals surface area (Å²) in [7, 11) is -3.92. The van der Waals surface area contributed by atoms with E-state index in [1.807, 2.05) is 0 Å². The van der Waals surface area contributed by atoms with Crippen molar-refractivity contribution in [3.05, 3.63) is 52.3 Å². The molecule has 308 valence electrons. The van der Waals surface area contributed by atoms with Crippen LogP contribution in [0.5, 0.6) is 5.88 Å². The number of amides is 4. The summed E-state index contributed by atoms with van der Waals surface area (Å²) in [6.07, 6.45) is 10.0. The van der Waals surface area contributed by atoms with Crippen LogP contribution >= 0.6 is 11.6 Å². The lowest BCUT2D eigenvalue weighted by Gasteiger charge is -2.32. The molecule has 2 aliphatic heterocycles. The Morgan fingerprint density at radius 3 is 2.40 bits per heavy atom. The number of pyridine rings is 1. The van der Waals surface area contributed by atoms with Gasteiger partial charge in [0.15, 0.2) is 5.88 Å². The number of hydrogen-bond donors (Lipinski definition) is 3. The number of fused-ring (bicyclic) bond motifs is 5. The average Bonchev–Trinajstić information content (AvgIpc) is 3.96. The highest BCUT2D eigenvalue weighted by atomic mass is 35.5. The number of nitrogens with one attached hydrogen (secondary N) is 3. The van der Waals surface area contributed by atoms with Crippen LogP contribution in [0.1, 0.15) is 96.3 Å². The van der Waals surface area contributed by atoms with Gasteiger partial charge in [0.2, 0.25) is 21.8 Å². The van der Waals surface area contributed by atoms with Crippen molar-refractivity contribution in [1.82, 2.24) is 24.8 Å². The smallest absolute Gasteiger partial charge is 0.408 e. The molecule has 0 spiro atoms. The van der Waals surface area contributed by atoms with Gasteiger partial charge >= 0.3 is 6.09 Å². The van der Waals surface area contributed by atoms with E-state index in [9.17, 15) is 32.4 Å². The molecule has 2 aromatic rings. The molecule has 57 heavy (non-hydrogen) atoms. The molecule has 0 unspecified atom stereocenters. The lowest BCUT2D eigenvalue weighted by Crippen LogP contribution is -2.59. The number of carbonyl (C=O) groups excluding carboxylic acids is 4. The van der Waals surface area contributed by atoms with Crippen molar-refractivity contribution in [2.45, 2.75) is 138 Å². The van der Waals surface area contributed by atoms with Crippen LogP contribution in [0.2, 0.25) is 5.02 Å². The molecule has 4 amide bonds. The summed E-state index contributed by atoms with van der Waals surface area (Å²) in [6, 6.07) is 4.70. The third-order valence-corrected chi connectivity index (χ3v) is 15.2. The van der Waals surface area contributed by atoms with Gasteiger partial charge in [-0.2, -0.15) is 0 Å². The Morgan fingerprint density at radius 1 is 0.930 bits per heavy atom. The number of aromatic nitrogens is 1. The molecule has 2 bridgehead atoms. The summed E-state index contributed by atoms with van der Waals surface area (Å²) in [5.74, 6) is -2.21. The van der Waals surface area contributed by atoms with E-state index in [0.29, 0.717) is 54.4 Å². The normalized spacial score (nSPS) is 31.2. The van der Waals surface area contributed by atoms with Gasteiger partial charge in [-0.15, -0.1) is 6.58 Å². The van der Waals surface area contributed by atoms with E-state index in [-0.39, 0.29) is 48.8 Å². The number of alkyl carbamates (subject to hydrolysis) is 1. The van der Waals surface area contributed by atoms with Crippen LogP contribution in [0.3, 0.4) is 0 Å². The minimum atomic E-state index is -3.92. The summed E-state index contributed by atoms with van der Waals surface area (Å²) < 4.78 is 42.0. The zero-order valence-corrected chi connectivity index (χ0v) is 33.7. The van der Waals surface area contributed by atoms with Crippen molar-refractivity contribution in [2.75, 3.05) is 6.54 Å². The van der Waals surface area contributed by atoms with Crippen molar-refractivity contribution in [3.8, 4) is 5.88 Å². The number of benzene rings is 1. The monoisotopic (exact) mass is 825 g/mol. The van der Waals surface area contributed by atoms with Crippen LogP contribution in [-0.4, -0.2) is 83.3 Å². The van der Waals surface area contributed by atoms with Crippen molar-refractivity contribution >= 4 is 56.2 Å². The molecule has 1 aromatic carbocycles. The van der Waals surface area contributed by atoms with Crippen LogP contribution < -0.4 is 25.7 Å². The molecule has 3 N–H and O–H groups in total. The molecule has 14 nitrogen and oxygen atoms in total. The van der Waals surface area contributed by atoms with Gasteiger partial charge in [-0.1, -0.05) is 43.4 Å². The number of rotatable bonds is 7. The Hall–Kier alpha value is -4.11. The molecule has 7 atom stereocenters. The van der Waals surface area contributed by atoms with Crippen LogP contribution in [0.25, 0.3) is 10.8 Å². The third kappa shape index (κ3) is 8.15. The Balaban J connectivity index is 1.14. The summed E-state index contributed by atoms with van der Waals surface area (Å²) in [5.41, 5.74) is -1.80. The molecule has 3 heterocycles. The standard InChI is InChI=1S/C41H52ClN5O9S/c1-2-27-22-41(27,39(51)45-57(53,54)30-15-16-30)44-36(48)32-21-29-23-47(32)38(50)35(25-10-5-6-11-25)43-40(52)56-33-13-8-12-24(33)9-4-3-7-18-46-34(55-29)20-26-19-28(42)14-17-31(26)37(46)49/h2,14,17,19-20,24-25,27,29-30,32-33,35H,1,3-13,15-16,18,21-23H2,(H,43,52)(H,44,48)(H,45,51)/t24-,27-,29-,32+,33-,35+,41-/m1/s1. The van der Waals surface area contributed by atoms with E-state index in [1.54, 1.807) is 28.8 Å². The van der Waals surface area contributed by atoms with E-state index in [4.69, 9.17) is 21.1 Å². The third-order valence-electron chi connectivity index (χ3n) is 13.1. The highest BCUT2D eigenvalue weighted by Gasteiger charge is 2.62. The van der Waals surface area contributed by atoms with Crippen molar-refractivity contribution in [1.29, 1.82) is 0 Å². The van der Waals surface area contributed by atoms with Gasteiger partial charge in [-0.25, -0.2) is 13.2 Å². The van der Waals surface area contributed by atoms with Crippen LogP contribution in [-0.2, 0) is 35.7 Å². The largest absolute Gasteiger partial charge is 0.473 e. The lowest BCUT2D eigenvalue weighted by atomic mass is 9.96. The highest BCUT2D eigenvalue weighted by Crippen LogP contribution is 2.46. The lowest BCUT2D eigenvalue weighted by molar-refractivity contribution is -0.142. The van der Waals surface area contributed by atoms with Crippen LogP contribution in [0.4, 0.5) is 4.79 Å². The molecule has 8 rings (SSSR count). The topological polar surface area (TPSA) is 182 Å². The number of carbonyl (C=O) groups is 4. The van der Waals surface area contributed by atoms with E-state index in [1.165, 1.54) is 11.0 Å². The van der Waals surface area contributed by atoms with Gasteiger partial charge in [0.25, 0.3) is 11.5 Å². The van der Waals surface area contributed by atoms with E-state index in [0.717, 1.165) is 51.4 Å². The molecule has 5 fully saturated rings. The van der Waals surface area contributed by atoms with Gasteiger partial charge in [-0.3, -0.25) is 28.5 Å². The first kappa shape index (κ1) is 39.7. The summed E-state index contributed by atoms with van der Waals surface area (Å²) >= 11 is 6.35. The van der Waals surface area contributed by atoms with E-state index >= 15 is 0 Å². The Morgan fingerprint density at radius 2 is 1.67 bits per heavy atom. The minimum Gasteiger partial charge on any atom is -0.473 e. The van der Waals surface area contributed by atoms with Crippen molar-refractivity contribution in [3.63, 3.8) is 0 Å². The number of hydrogen-bond acceptors (Lipinski definition) is 9.